The topological polar surface area (TPSA) is 120 Å². The fourth-order valence-electron chi connectivity index (χ4n) is 4.19. The third-order valence-electron chi connectivity index (χ3n) is 6.29. The number of halogens is 1. The Bertz CT molecular complexity index is 1410. The van der Waals surface area contributed by atoms with Crippen LogP contribution in [0.1, 0.15) is 12.1 Å². The molecule has 2 aromatic carbocycles. The summed E-state index contributed by atoms with van der Waals surface area (Å²) in [6.07, 6.45) is 5.23. The van der Waals surface area contributed by atoms with E-state index in [1.54, 1.807) is 18.3 Å². The van der Waals surface area contributed by atoms with Crippen LogP contribution in [0.5, 0.6) is 5.75 Å². The first-order chi connectivity index (χ1) is 19.6. The van der Waals surface area contributed by atoms with Crippen LogP contribution in [0, 0.1) is 5.82 Å². The maximum Gasteiger partial charge on any atom is 0.245 e. The van der Waals surface area contributed by atoms with Crippen molar-refractivity contribution >= 4 is 29.4 Å². The lowest BCUT2D eigenvalue weighted by molar-refractivity contribution is 0.0378. The second-order valence-corrected chi connectivity index (χ2v) is 9.22. The van der Waals surface area contributed by atoms with Crippen LogP contribution in [0.25, 0.3) is 11.1 Å². The molecule has 0 bridgehead atoms. The van der Waals surface area contributed by atoms with Crippen LogP contribution in [0.2, 0.25) is 0 Å². The van der Waals surface area contributed by atoms with Gasteiger partial charge in [-0.1, -0.05) is 24.3 Å². The van der Waals surface area contributed by atoms with E-state index >= 15 is 0 Å². The van der Waals surface area contributed by atoms with Crippen molar-refractivity contribution in [3.8, 4) is 16.9 Å². The number of hydrogen-bond acceptors (Lipinski definition) is 10. The normalized spacial score (nSPS) is 13.8. The summed E-state index contributed by atoms with van der Waals surface area (Å²) >= 11 is 0. The zero-order valence-corrected chi connectivity index (χ0v) is 21.9. The SMILES string of the molecule is Oc1cccc(-c2ccc(Nc3ccc(/C=N/Nc4ncc(F)c(NCCCN5CCOCC5)n4)nc3)cc2)c1. The monoisotopic (exact) mass is 542 g/mol. The molecule has 11 heteroatoms. The molecule has 3 heterocycles. The Morgan fingerprint density at radius 1 is 0.975 bits per heavy atom. The number of phenols is 1. The summed E-state index contributed by atoms with van der Waals surface area (Å²) in [5.41, 5.74) is 7.04. The summed E-state index contributed by atoms with van der Waals surface area (Å²) in [6, 6.07) is 18.8. The number of hydrogen-bond donors (Lipinski definition) is 4. The van der Waals surface area contributed by atoms with E-state index in [0.717, 1.165) is 68.0 Å². The summed E-state index contributed by atoms with van der Waals surface area (Å²) in [4.78, 5) is 14.9. The number of morpholine rings is 1. The van der Waals surface area contributed by atoms with Gasteiger partial charge in [-0.3, -0.25) is 9.88 Å². The predicted molar refractivity (Wildman–Crippen MR) is 155 cm³/mol. The Balaban J connectivity index is 1.09. The van der Waals surface area contributed by atoms with Crippen LogP contribution in [0.3, 0.4) is 0 Å². The molecule has 1 saturated heterocycles. The maximum atomic E-state index is 14.1. The van der Waals surface area contributed by atoms with Crippen molar-refractivity contribution in [3.05, 3.63) is 84.6 Å². The highest BCUT2D eigenvalue weighted by Gasteiger charge is 2.10. The maximum absolute atomic E-state index is 14.1. The second kappa shape index (κ2) is 13.5. The first-order valence-electron chi connectivity index (χ1n) is 13.1. The van der Waals surface area contributed by atoms with Gasteiger partial charge in [0, 0.05) is 25.3 Å². The van der Waals surface area contributed by atoms with Gasteiger partial charge in [-0.15, -0.1) is 0 Å². The molecular formula is C29H31FN8O2. The molecule has 1 aliphatic rings. The number of hydrazone groups is 1. The van der Waals surface area contributed by atoms with Gasteiger partial charge >= 0.3 is 0 Å². The predicted octanol–water partition coefficient (Wildman–Crippen LogP) is 4.71. The van der Waals surface area contributed by atoms with Gasteiger partial charge in [0.1, 0.15) is 5.75 Å². The van der Waals surface area contributed by atoms with Crippen LogP contribution in [0.4, 0.5) is 27.5 Å². The summed E-state index contributed by atoms with van der Waals surface area (Å²) in [5.74, 6) is 0.0425. The lowest BCUT2D eigenvalue weighted by atomic mass is 10.1. The van der Waals surface area contributed by atoms with Crippen molar-refractivity contribution in [2.45, 2.75) is 6.42 Å². The minimum Gasteiger partial charge on any atom is -0.508 e. The Labute approximate surface area is 232 Å². The number of pyridine rings is 1. The zero-order chi connectivity index (χ0) is 27.6. The second-order valence-electron chi connectivity index (χ2n) is 9.22. The number of aromatic hydroxyl groups is 1. The van der Waals surface area contributed by atoms with E-state index in [-0.39, 0.29) is 17.5 Å². The van der Waals surface area contributed by atoms with Crippen molar-refractivity contribution in [1.29, 1.82) is 0 Å². The Morgan fingerprint density at radius 3 is 2.58 bits per heavy atom. The molecule has 0 amide bonds. The van der Waals surface area contributed by atoms with Gasteiger partial charge in [-0.05, 0) is 60.5 Å². The number of nitrogens with one attached hydrogen (secondary N) is 3. The lowest BCUT2D eigenvalue weighted by Gasteiger charge is -2.26. The molecular weight excluding hydrogens is 511 g/mol. The van der Waals surface area contributed by atoms with Gasteiger partial charge in [0.25, 0.3) is 0 Å². The van der Waals surface area contributed by atoms with E-state index < -0.39 is 5.82 Å². The third-order valence-corrected chi connectivity index (χ3v) is 6.29. The first kappa shape index (κ1) is 27.0. The Hall–Kier alpha value is -4.61. The molecule has 0 aliphatic carbocycles. The minimum absolute atomic E-state index is 0.137. The minimum atomic E-state index is -0.514. The average molecular weight is 543 g/mol. The van der Waals surface area contributed by atoms with Gasteiger partial charge < -0.3 is 20.5 Å². The van der Waals surface area contributed by atoms with Gasteiger partial charge in [0.2, 0.25) is 5.95 Å². The highest BCUT2D eigenvalue weighted by molar-refractivity contribution is 5.78. The highest BCUT2D eigenvalue weighted by atomic mass is 19.1. The molecule has 206 valence electrons. The highest BCUT2D eigenvalue weighted by Crippen LogP contribution is 2.25. The summed E-state index contributed by atoms with van der Waals surface area (Å²) in [5, 5.41) is 20.2. The Kier molecular flexibility index (Phi) is 9.07. The molecule has 1 aliphatic heterocycles. The molecule has 1 fully saturated rings. The third kappa shape index (κ3) is 7.71. The number of phenolic OH excluding ortho intramolecular Hbond substituents is 1. The zero-order valence-electron chi connectivity index (χ0n) is 21.9. The summed E-state index contributed by atoms with van der Waals surface area (Å²) < 4.78 is 19.5. The van der Waals surface area contributed by atoms with E-state index in [1.807, 2.05) is 48.5 Å². The molecule has 0 spiro atoms. The van der Waals surface area contributed by atoms with E-state index in [0.29, 0.717) is 12.2 Å². The number of benzene rings is 2. The molecule has 2 aromatic heterocycles. The van der Waals surface area contributed by atoms with Crippen LogP contribution < -0.4 is 16.1 Å². The van der Waals surface area contributed by atoms with Crippen molar-refractivity contribution in [1.82, 2.24) is 19.9 Å². The fourth-order valence-corrected chi connectivity index (χ4v) is 4.19. The fraction of sp³-hybridized carbons (Fsp3) is 0.241. The largest absolute Gasteiger partial charge is 0.508 e. The van der Waals surface area contributed by atoms with E-state index in [4.69, 9.17) is 4.74 Å². The smallest absolute Gasteiger partial charge is 0.245 e. The van der Waals surface area contributed by atoms with Gasteiger partial charge in [-0.25, -0.2) is 14.8 Å². The van der Waals surface area contributed by atoms with E-state index in [2.05, 4.69) is 41.0 Å². The number of rotatable bonds is 11. The summed E-state index contributed by atoms with van der Waals surface area (Å²) in [7, 11) is 0. The van der Waals surface area contributed by atoms with Gasteiger partial charge in [0.05, 0.1) is 43.2 Å². The van der Waals surface area contributed by atoms with Crippen molar-refractivity contribution < 1.29 is 14.2 Å². The molecule has 4 N–H and O–H groups in total. The van der Waals surface area contributed by atoms with Crippen LogP contribution in [-0.4, -0.2) is 70.6 Å². The molecule has 40 heavy (non-hydrogen) atoms. The molecule has 0 unspecified atom stereocenters. The number of nitrogens with zero attached hydrogens (tertiary/aromatic N) is 5. The van der Waals surface area contributed by atoms with Gasteiger partial charge in [0.15, 0.2) is 11.6 Å². The van der Waals surface area contributed by atoms with Crippen LogP contribution in [0.15, 0.2) is 78.2 Å². The molecule has 0 saturated carbocycles. The summed E-state index contributed by atoms with van der Waals surface area (Å²) in [6.45, 7) is 4.90. The quantitative estimate of drug-likeness (QED) is 0.121. The van der Waals surface area contributed by atoms with Crippen molar-refractivity contribution in [2.75, 3.05) is 55.5 Å². The Morgan fingerprint density at radius 2 is 1.80 bits per heavy atom. The van der Waals surface area contributed by atoms with Crippen molar-refractivity contribution in [2.24, 2.45) is 5.10 Å². The number of aromatic nitrogens is 3. The van der Waals surface area contributed by atoms with E-state index in [1.165, 1.54) is 6.21 Å². The number of ether oxygens (including phenoxy) is 1. The average Bonchev–Trinajstić information content (AvgIpc) is 2.98. The first-order valence-corrected chi connectivity index (χ1v) is 13.1. The standard InChI is InChI=1S/C29H31FN8O2/c30-27-20-33-29(36-28(27)31-11-2-12-38-13-15-40-16-14-38)37-34-19-24-9-10-25(18-32-24)35-23-7-5-21(6-8-23)22-3-1-4-26(39)17-22/h1,3-10,17-20,35,39H,2,11-16H2,(H2,31,33,36,37)/b34-19+. The molecule has 0 atom stereocenters. The van der Waals surface area contributed by atoms with Crippen LogP contribution >= 0.6 is 0 Å². The number of anilines is 4. The van der Waals surface area contributed by atoms with Gasteiger partial charge in [-0.2, -0.15) is 10.1 Å². The molecule has 0 radical (unpaired) electrons. The molecule has 4 aromatic rings. The van der Waals surface area contributed by atoms with E-state index in [9.17, 15) is 9.50 Å². The van der Waals surface area contributed by atoms with Crippen molar-refractivity contribution in [3.63, 3.8) is 0 Å². The molecule has 10 nitrogen and oxygen atoms in total. The molecule has 5 rings (SSSR count). The van der Waals surface area contributed by atoms with Crippen LogP contribution in [-0.2, 0) is 4.74 Å². The lowest BCUT2D eigenvalue weighted by Crippen LogP contribution is -2.37.